The Kier molecular flexibility index (Phi) is 6.20. The monoisotopic (exact) mass is 345 g/mol. The minimum atomic E-state index is -0.0754. The standard InChI is InChI=1S/C19H27N3O3/c1-13(2)20-19(24)12-21(5)11-18(23)17-9-14(3)22(15(17)4)10-16-7-6-8-25-16/h6-9,13H,10-12H2,1-5H3,(H,20,24). The fraction of sp³-hybridized carbons (Fsp3) is 0.474. The van der Waals surface area contributed by atoms with E-state index in [0.29, 0.717) is 12.1 Å². The van der Waals surface area contributed by atoms with Crippen LogP contribution in [0.1, 0.15) is 41.4 Å². The normalized spacial score (nSPS) is 11.3. The van der Waals surface area contributed by atoms with Gasteiger partial charge in [-0.05, 0) is 52.9 Å². The van der Waals surface area contributed by atoms with E-state index < -0.39 is 0 Å². The SMILES string of the molecule is Cc1cc(C(=O)CN(C)CC(=O)NC(C)C)c(C)n1Cc1ccco1. The molecule has 0 unspecified atom stereocenters. The minimum absolute atomic E-state index is 0.0126. The molecule has 2 heterocycles. The molecule has 0 aliphatic rings. The molecular weight excluding hydrogens is 318 g/mol. The summed E-state index contributed by atoms with van der Waals surface area (Å²) in [7, 11) is 1.78. The molecule has 0 aliphatic heterocycles. The van der Waals surface area contributed by atoms with Crippen LogP contribution in [0.4, 0.5) is 0 Å². The Morgan fingerprint density at radius 1 is 1.28 bits per heavy atom. The smallest absolute Gasteiger partial charge is 0.234 e. The summed E-state index contributed by atoms with van der Waals surface area (Å²) in [5.74, 6) is 0.788. The fourth-order valence-electron chi connectivity index (χ4n) is 2.88. The van der Waals surface area contributed by atoms with Crippen LogP contribution < -0.4 is 5.32 Å². The van der Waals surface area contributed by atoms with Crippen LogP contribution in [-0.2, 0) is 11.3 Å². The molecule has 0 aliphatic carbocycles. The van der Waals surface area contributed by atoms with Crippen LogP contribution in [0.5, 0.6) is 0 Å². The van der Waals surface area contributed by atoms with E-state index in [9.17, 15) is 9.59 Å². The first kappa shape index (κ1) is 19.0. The first-order valence-corrected chi connectivity index (χ1v) is 8.48. The lowest BCUT2D eigenvalue weighted by Gasteiger charge is -2.16. The van der Waals surface area contributed by atoms with Crippen molar-refractivity contribution >= 4 is 11.7 Å². The van der Waals surface area contributed by atoms with Crippen molar-refractivity contribution in [3.63, 3.8) is 0 Å². The number of hydrogen-bond donors (Lipinski definition) is 1. The number of aromatic nitrogens is 1. The molecule has 25 heavy (non-hydrogen) atoms. The molecule has 2 rings (SSSR count). The van der Waals surface area contributed by atoms with Crippen LogP contribution in [-0.4, -0.2) is 47.3 Å². The van der Waals surface area contributed by atoms with E-state index in [1.807, 2.05) is 45.9 Å². The summed E-state index contributed by atoms with van der Waals surface area (Å²) in [5.41, 5.74) is 2.62. The zero-order valence-corrected chi connectivity index (χ0v) is 15.6. The lowest BCUT2D eigenvalue weighted by Crippen LogP contribution is -2.40. The van der Waals surface area contributed by atoms with Crippen molar-refractivity contribution in [3.05, 3.63) is 47.2 Å². The van der Waals surface area contributed by atoms with Crippen molar-refractivity contribution in [1.29, 1.82) is 0 Å². The molecule has 0 aromatic carbocycles. The first-order valence-electron chi connectivity index (χ1n) is 8.48. The zero-order valence-electron chi connectivity index (χ0n) is 15.6. The molecule has 0 bridgehead atoms. The van der Waals surface area contributed by atoms with Gasteiger partial charge in [-0.3, -0.25) is 14.5 Å². The average Bonchev–Trinajstić information content (AvgIpc) is 3.09. The summed E-state index contributed by atoms with van der Waals surface area (Å²) in [4.78, 5) is 26.2. The zero-order chi connectivity index (χ0) is 18.6. The van der Waals surface area contributed by atoms with Crippen molar-refractivity contribution in [1.82, 2.24) is 14.8 Å². The Bertz CT molecular complexity index is 729. The third kappa shape index (κ3) is 5.06. The number of carbonyl (C=O) groups excluding carboxylic acids is 2. The van der Waals surface area contributed by atoms with Gasteiger partial charge in [-0.15, -0.1) is 0 Å². The number of rotatable bonds is 8. The number of aryl methyl sites for hydroxylation is 1. The Morgan fingerprint density at radius 2 is 2.00 bits per heavy atom. The molecular formula is C19H27N3O3. The largest absolute Gasteiger partial charge is 0.467 e. The van der Waals surface area contributed by atoms with Gasteiger partial charge < -0.3 is 14.3 Å². The summed E-state index contributed by atoms with van der Waals surface area (Å²) >= 11 is 0. The molecule has 0 saturated heterocycles. The van der Waals surface area contributed by atoms with E-state index in [4.69, 9.17) is 4.42 Å². The number of hydrogen-bond acceptors (Lipinski definition) is 4. The highest BCUT2D eigenvalue weighted by Crippen LogP contribution is 2.18. The van der Waals surface area contributed by atoms with Crippen LogP contribution in [0.15, 0.2) is 28.9 Å². The van der Waals surface area contributed by atoms with Gasteiger partial charge in [0.05, 0.1) is 25.9 Å². The number of ketones is 1. The van der Waals surface area contributed by atoms with E-state index in [1.165, 1.54) is 0 Å². The maximum atomic E-state index is 12.6. The van der Waals surface area contributed by atoms with E-state index in [0.717, 1.165) is 17.1 Å². The molecule has 136 valence electrons. The highest BCUT2D eigenvalue weighted by atomic mass is 16.3. The molecule has 0 spiro atoms. The predicted molar refractivity (Wildman–Crippen MR) is 96.8 cm³/mol. The minimum Gasteiger partial charge on any atom is -0.467 e. The molecule has 2 aromatic rings. The van der Waals surface area contributed by atoms with Crippen molar-refractivity contribution in [3.8, 4) is 0 Å². The van der Waals surface area contributed by atoms with Gasteiger partial charge in [0.2, 0.25) is 5.91 Å². The van der Waals surface area contributed by atoms with Gasteiger partial charge in [0.15, 0.2) is 5.78 Å². The molecule has 2 aromatic heterocycles. The van der Waals surface area contributed by atoms with Gasteiger partial charge in [-0.25, -0.2) is 0 Å². The molecule has 0 atom stereocenters. The molecule has 1 N–H and O–H groups in total. The Hall–Kier alpha value is -2.34. The Labute approximate surface area is 148 Å². The van der Waals surface area contributed by atoms with Crippen LogP contribution in [0.25, 0.3) is 0 Å². The molecule has 0 radical (unpaired) electrons. The van der Waals surface area contributed by atoms with Crippen LogP contribution in [0, 0.1) is 13.8 Å². The second kappa shape index (κ2) is 8.16. The summed E-state index contributed by atoms with van der Waals surface area (Å²) in [6, 6.07) is 5.77. The molecule has 6 nitrogen and oxygen atoms in total. The summed E-state index contributed by atoms with van der Waals surface area (Å²) in [5, 5.41) is 2.83. The van der Waals surface area contributed by atoms with Crippen LogP contribution >= 0.6 is 0 Å². The van der Waals surface area contributed by atoms with Gasteiger partial charge >= 0.3 is 0 Å². The maximum Gasteiger partial charge on any atom is 0.234 e. The van der Waals surface area contributed by atoms with Crippen LogP contribution in [0.3, 0.4) is 0 Å². The van der Waals surface area contributed by atoms with Crippen molar-refractivity contribution in [2.75, 3.05) is 20.1 Å². The average molecular weight is 345 g/mol. The van der Waals surface area contributed by atoms with E-state index in [2.05, 4.69) is 9.88 Å². The van der Waals surface area contributed by atoms with Gasteiger partial charge in [-0.2, -0.15) is 0 Å². The number of Topliss-reactive ketones (excluding diaryl/α,β-unsaturated/α-hetero) is 1. The predicted octanol–water partition coefficient (Wildman–Crippen LogP) is 2.39. The van der Waals surface area contributed by atoms with E-state index in [-0.39, 0.29) is 30.8 Å². The number of likely N-dealkylation sites (N-methyl/N-ethyl adjacent to an activating group) is 1. The summed E-state index contributed by atoms with van der Waals surface area (Å²) in [6.07, 6.45) is 1.65. The quantitative estimate of drug-likeness (QED) is 0.746. The summed E-state index contributed by atoms with van der Waals surface area (Å²) < 4.78 is 7.47. The molecule has 6 heteroatoms. The second-order valence-electron chi connectivity index (χ2n) is 6.77. The number of furan rings is 1. The number of nitrogens with zero attached hydrogens (tertiary/aromatic N) is 2. The number of carbonyl (C=O) groups is 2. The molecule has 0 saturated carbocycles. The first-order chi connectivity index (χ1) is 11.8. The third-order valence-electron chi connectivity index (χ3n) is 4.04. The third-order valence-corrected chi connectivity index (χ3v) is 4.04. The second-order valence-corrected chi connectivity index (χ2v) is 6.77. The highest BCUT2D eigenvalue weighted by molar-refractivity contribution is 5.99. The van der Waals surface area contributed by atoms with Gasteiger partial charge in [-0.1, -0.05) is 0 Å². The van der Waals surface area contributed by atoms with Gasteiger partial charge in [0, 0.05) is 23.0 Å². The van der Waals surface area contributed by atoms with Crippen molar-refractivity contribution in [2.45, 2.75) is 40.3 Å². The fourth-order valence-corrected chi connectivity index (χ4v) is 2.88. The maximum absolute atomic E-state index is 12.6. The number of nitrogens with one attached hydrogen (secondary N) is 1. The van der Waals surface area contributed by atoms with Crippen molar-refractivity contribution < 1.29 is 14.0 Å². The highest BCUT2D eigenvalue weighted by Gasteiger charge is 2.18. The Balaban J connectivity index is 2.03. The van der Waals surface area contributed by atoms with Crippen molar-refractivity contribution in [2.24, 2.45) is 0 Å². The van der Waals surface area contributed by atoms with E-state index >= 15 is 0 Å². The number of amides is 1. The summed E-state index contributed by atoms with van der Waals surface area (Å²) in [6.45, 7) is 8.76. The Morgan fingerprint density at radius 3 is 2.60 bits per heavy atom. The lowest BCUT2D eigenvalue weighted by molar-refractivity contribution is -0.122. The van der Waals surface area contributed by atoms with Gasteiger partial charge in [0.25, 0.3) is 0 Å². The van der Waals surface area contributed by atoms with Crippen LogP contribution in [0.2, 0.25) is 0 Å². The molecule has 1 amide bonds. The molecule has 0 fully saturated rings. The van der Waals surface area contributed by atoms with E-state index in [1.54, 1.807) is 18.2 Å². The topological polar surface area (TPSA) is 67.5 Å². The van der Waals surface area contributed by atoms with Gasteiger partial charge in [0.1, 0.15) is 5.76 Å². The lowest BCUT2D eigenvalue weighted by atomic mass is 10.1.